The van der Waals surface area contributed by atoms with Crippen LogP contribution in [0.15, 0.2) is 12.2 Å². The first-order chi connectivity index (χ1) is 28.9. The van der Waals surface area contributed by atoms with Crippen molar-refractivity contribution >= 4 is 29.8 Å². The summed E-state index contributed by atoms with van der Waals surface area (Å²) in [5.41, 5.74) is -1.31. The number of allylic oxidation sites excluding steroid dienone is 1. The molecule has 0 atom stereocenters. The number of esters is 5. The van der Waals surface area contributed by atoms with Gasteiger partial charge in [0.2, 0.25) is 0 Å². The number of hydrogen-bond donors (Lipinski definition) is 0. The Kier molecular flexibility index (Phi) is 37.0. The second-order valence-electron chi connectivity index (χ2n) is 17.3. The van der Waals surface area contributed by atoms with Gasteiger partial charge < -0.3 is 28.6 Å². The molecule has 0 aliphatic heterocycles. The first kappa shape index (κ1) is 57.1. The second-order valence-corrected chi connectivity index (χ2v) is 17.3. The van der Waals surface area contributed by atoms with Gasteiger partial charge in [0.1, 0.15) is 31.8 Å². The van der Waals surface area contributed by atoms with Crippen molar-refractivity contribution in [3.8, 4) is 0 Å². The Balaban J connectivity index is 6.13. The molecule has 0 bridgehead atoms. The molecule has 0 aromatic carbocycles. The normalized spacial score (nSPS) is 11.8. The van der Waals surface area contributed by atoms with Gasteiger partial charge in [-0.2, -0.15) is 0 Å². The van der Waals surface area contributed by atoms with Crippen LogP contribution in [0.3, 0.4) is 0 Å². The number of hydrogen-bond acceptors (Lipinski definition) is 11. The minimum Gasteiger partial charge on any atom is -0.465 e. The SMILES string of the molecule is CC/C=C\CCOC(=O)CCCCC(=O)OCC(COC(=O)CCCN(C)C)(COC(=O)CC(CCCCC)CCCCC)COC(=O)CC(CCCCC)CCCCC. The van der Waals surface area contributed by atoms with Crippen molar-refractivity contribution in [2.24, 2.45) is 17.3 Å². The van der Waals surface area contributed by atoms with Crippen molar-refractivity contribution < 1.29 is 47.7 Å². The fraction of sp³-hybridized carbons (Fsp3) is 0.857. The highest BCUT2D eigenvalue weighted by atomic mass is 16.6. The molecule has 0 amide bonds. The van der Waals surface area contributed by atoms with E-state index >= 15 is 0 Å². The molecule has 0 fully saturated rings. The van der Waals surface area contributed by atoms with E-state index in [1.54, 1.807) is 0 Å². The van der Waals surface area contributed by atoms with Gasteiger partial charge in [0.05, 0.1) is 6.61 Å². The van der Waals surface area contributed by atoms with Crippen LogP contribution in [-0.4, -0.2) is 88.4 Å². The lowest BCUT2D eigenvalue weighted by atomic mass is 9.90. The third-order valence-corrected chi connectivity index (χ3v) is 10.9. The second kappa shape index (κ2) is 38.9. The lowest BCUT2D eigenvalue weighted by molar-refractivity contribution is -0.171. The highest BCUT2D eigenvalue weighted by molar-refractivity contribution is 5.72. The molecule has 0 aliphatic carbocycles. The Morgan fingerprint density at radius 3 is 1.20 bits per heavy atom. The Morgan fingerprint density at radius 2 is 0.833 bits per heavy atom. The van der Waals surface area contributed by atoms with Crippen molar-refractivity contribution in [3.05, 3.63) is 12.2 Å². The summed E-state index contributed by atoms with van der Waals surface area (Å²) in [6, 6.07) is 0. The predicted molar refractivity (Wildman–Crippen MR) is 240 cm³/mol. The predicted octanol–water partition coefficient (Wildman–Crippen LogP) is 11.3. The van der Waals surface area contributed by atoms with Gasteiger partial charge in [0.15, 0.2) is 0 Å². The Morgan fingerprint density at radius 1 is 0.467 bits per heavy atom. The summed E-state index contributed by atoms with van der Waals surface area (Å²) in [5.74, 6) is -1.59. The first-order valence-corrected chi connectivity index (χ1v) is 24.0. The summed E-state index contributed by atoms with van der Waals surface area (Å²) in [7, 11) is 3.87. The number of unbranched alkanes of at least 4 members (excludes halogenated alkanes) is 9. The maximum atomic E-state index is 13.5. The van der Waals surface area contributed by atoms with E-state index in [1.165, 1.54) is 0 Å². The van der Waals surface area contributed by atoms with Crippen LogP contribution in [0.2, 0.25) is 0 Å². The van der Waals surface area contributed by atoms with Gasteiger partial charge in [-0.1, -0.05) is 124 Å². The quantitative estimate of drug-likeness (QED) is 0.0252. The average Bonchev–Trinajstić information content (AvgIpc) is 3.21. The van der Waals surface area contributed by atoms with Crippen LogP contribution in [-0.2, 0) is 47.7 Å². The largest absolute Gasteiger partial charge is 0.465 e. The van der Waals surface area contributed by atoms with Crippen molar-refractivity contribution in [1.29, 1.82) is 0 Å². The zero-order chi connectivity index (χ0) is 44.7. The lowest BCUT2D eigenvalue weighted by Crippen LogP contribution is -2.44. The molecule has 0 spiro atoms. The molecule has 350 valence electrons. The van der Waals surface area contributed by atoms with Gasteiger partial charge in [-0.15, -0.1) is 0 Å². The molecule has 11 heteroatoms. The highest BCUT2D eigenvalue weighted by Crippen LogP contribution is 2.27. The monoisotopic (exact) mass is 852 g/mol. The molecule has 60 heavy (non-hydrogen) atoms. The van der Waals surface area contributed by atoms with E-state index in [0.717, 1.165) is 109 Å². The molecule has 0 aliphatic rings. The average molecular weight is 852 g/mol. The third kappa shape index (κ3) is 33.7. The van der Waals surface area contributed by atoms with E-state index in [2.05, 4.69) is 27.7 Å². The first-order valence-electron chi connectivity index (χ1n) is 24.0. The summed E-state index contributed by atoms with van der Waals surface area (Å²) >= 11 is 0. The smallest absolute Gasteiger partial charge is 0.306 e. The molecule has 0 N–H and O–H groups in total. The molecule has 0 saturated heterocycles. The lowest BCUT2D eigenvalue weighted by Gasteiger charge is -2.32. The van der Waals surface area contributed by atoms with Crippen LogP contribution >= 0.6 is 0 Å². The van der Waals surface area contributed by atoms with E-state index in [-0.39, 0.29) is 88.3 Å². The molecule has 0 radical (unpaired) electrons. The van der Waals surface area contributed by atoms with Crippen molar-refractivity contribution in [3.63, 3.8) is 0 Å². The number of rotatable bonds is 41. The van der Waals surface area contributed by atoms with Gasteiger partial charge in [0.25, 0.3) is 0 Å². The van der Waals surface area contributed by atoms with Crippen molar-refractivity contribution in [2.75, 3.05) is 53.7 Å². The molecule has 0 aromatic heterocycles. The van der Waals surface area contributed by atoms with Crippen LogP contribution in [0, 0.1) is 17.3 Å². The van der Waals surface area contributed by atoms with E-state index in [0.29, 0.717) is 38.8 Å². The molecule has 0 heterocycles. The molecule has 0 aromatic rings. The zero-order valence-corrected chi connectivity index (χ0v) is 39.5. The maximum Gasteiger partial charge on any atom is 0.306 e. The summed E-state index contributed by atoms with van der Waals surface area (Å²) < 4.78 is 28.8. The minimum absolute atomic E-state index is 0.0564. The van der Waals surface area contributed by atoms with E-state index in [1.807, 2.05) is 38.1 Å². The fourth-order valence-electron chi connectivity index (χ4n) is 7.02. The molecule has 11 nitrogen and oxygen atoms in total. The zero-order valence-electron chi connectivity index (χ0n) is 39.5. The molecular weight excluding hydrogens is 763 g/mol. The Hall–Kier alpha value is -2.95. The summed E-state index contributed by atoms with van der Waals surface area (Å²) in [5, 5.41) is 0. The van der Waals surface area contributed by atoms with Crippen LogP contribution in [0.5, 0.6) is 0 Å². The van der Waals surface area contributed by atoms with Crippen molar-refractivity contribution in [2.45, 2.75) is 202 Å². The Labute approximate surface area is 366 Å². The maximum absolute atomic E-state index is 13.5. The van der Waals surface area contributed by atoms with Gasteiger partial charge in [-0.05, 0) is 90.3 Å². The molecule has 0 saturated carbocycles. The van der Waals surface area contributed by atoms with Gasteiger partial charge in [-0.25, -0.2) is 0 Å². The van der Waals surface area contributed by atoms with Crippen LogP contribution in [0.4, 0.5) is 0 Å². The van der Waals surface area contributed by atoms with Crippen LogP contribution < -0.4 is 0 Å². The summed E-state index contributed by atoms with van der Waals surface area (Å²) in [6.45, 7) is 10.7. The van der Waals surface area contributed by atoms with Crippen molar-refractivity contribution in [1.82, 2.24) is 4.90 Å². The summed E-state index contributed by atoms with van der Waals surface area (Å²) in [4.78, 5) is 67.4. The standard InChI is InChI=1S/C49H89NO10/c1-8-13-18-25-35-56-44(51)31-23-24-32-45(52)57-38-49(39-58-46(53)33-26-34-50(6)7,40-59-47(54)36-42(27-19-14-9-2)28-20-15-10-3)41-60-48(55)37-43(29-21-16-11-4)30-22-17-12-5/h13,18,42-43H,8-12,14-17,19-41H2,1-7H3/b18-13-. The third-order valence-electron chi connectivity index (χ3n) is 10.9. The number of carbonyl (C=O) groups is 5. The van der Waals surface area contributed by atoms with Gasteiger partial charge >= 0.3 is 29.8 Å². The van der Waals surface area contributed by atoms with Crippen LogP contribution in [0.1, 0.15) is 202 Å². The molecular formula is C49H89NO10. The number of carbonyl (C=O) groups excluding carboxylic acids is 5. The molecule has 0 rings (SSSR count). The molecule has 0 unspecified atom stereocenters. The number of nitrogens with zero attached hydrogens (tertiary/aromatic N) is 1. The van der Waals surface area contributed by atoms with Gasteiger partial charge in [0, 0.05) is 32.1 Å². The fourth-order valence-corrected chi connectivity index (χ4v) is 7.02. The Bertz CT molecular complexity index is 1080. The number of ether oxygens (including phenoxy) is 5. The van der Waals surface area contributed by atoms with Gasteiger partial charge in [-0.3, -0.25) is 24.0 Å². The summed E-state index contributed by atoms with van der Waals surface area (Å²) in [6.07, 6.45) is 24.9. The topological polar surface area (TPSA) is 135 Å². The van der Waals surface area contributed by atoms with Crippen LogP contribution in [0.25, 0.3) is 0 Å². The van der Waals surface area contributed by atoms with E-state index in [4.69, 9.17) is 23.7 Å². The van der Waals surface area contributed by atoms with E-state index in [9.17, 15) is 24.0 Å². The minimum atomic E-state index is -1.31. The highest BCUT2D eigenvalue weighted by Gasteiger charge is 2.38. The van der Waals surface area contributed by atoms with E-state index < -0.39 is 17.4 Å².